The molecule has 0 bridgehead atoms. The standard InChI is InChI=1S/C24H26N6O2/c1-17-16-32-13-12-29(17)22-14-20(24(31)28(2)15-18-6-4-3-5-7-18)19-9-11-30(23(19)26-22)21-8-10-25-27-21/h3-11,14,17H,12-13,15-16H2,1-2H3,(H,25,27)/t17-/m1/s1. The molecule has 1 aromatic carbocycles. The molecule has 0 saturated carbocycles. The predicted molar refractivity (Wildman–Crippen MR) is 123 cm³/mol. The molecule has 1 aliphatic heterocycles. The zero-order valence-electron chi connectivity index (χ0n) is 18.2. The van der Waals surface area contributed by atoms with Gasteiger partial charge in [-0.2, -0.15) is 5.10 Å². The highest BCUT2D eigenvalue weighted by Gasteiger charge is 2.25. The number of nitrogens with zero attached hydrogens (tertiary/aromatic N) is 5. The number of pyridine rings is 1. The van der Waals surface area contributed by atoms with E-state index >= 15 is 0 Å². The number of rotatable bonds is 5. The highest BCUT2D eigenvalue weighted by Crippen LogP contribution is 2.28. The number of carbonyl (C=O) groups excluding carboxylic acids is 1. The number of hydrogen-bond donors (Lipinski definition) is 1. The molecule has 0 spiro atoms. The third-order valence-electron chi connectivity index (χ3n) is 5.88. The molecule has 1 aliphatic rings. The van der Waals surface area contributed by atoms with Crippen LogP contribution < -0.4 is 4.90 Å². The van der Waals surface area contributed by atoms with Crippen LogP contribution in [0.15, 0.2) is 60.9 Å². The van der Waals surface area contributed by atoms with E-state index in [1.165, 1.54) is 0 Å². The molecule has 8 heteroatoms. The van der Waals surface area contributed by atoms with Crippen molar-refractivity contribution in [3.63, 3.8) is 0 Å². The molecule has 1 amide bonds. The van der Waals surface area contributed by atoms with Crippen LogP contribution in [0, 0.1) is 0 Å². The van der Waals surface area contributed by atoms with Gasteiger partial charge in [-0.25, -0.2) is 4.98 Å². The number of morpholine rings is 1. The Balaban J connectivity index is 1.59. The largest absolute Gasteiger partial charge is 0.377 e. The Morgan fingerprint density at radius 3 is 2.81 bits per heavy atom. The quantitative estimate of drug-likeness (QED) is 0.526. The zero-order chi connectivity index (χ0) is 22.1. The van der Waals surface area contributed by atoms with Gasteiger partial charge in [0.25, 0.3) is 5.91 Å². The van der Waals surface area contributed by atoms with Gasteiger partial charge in [0.1, 0.15) is 11.5 Å². The number of benzene rings is 1. The van der Waals surface area contributed by atoms with Crippen molar-refractivity contribution >= 4 is 22.8 Å². The third kappa shape index (κ3) is 3.73. The molecule has 4 aromatic rings. The lowest BCUT2D eigenvalue weighted by atomic mass is 10.1. The number of anilines is 1. The first-order valence-electron chi connectivity index (χ1n) is 10.8. The minimum atomic E-state index is -0.0387. The fraction of sp³-hybridized carbons (Fsp3) is 0.292. The van der Waals surface area contributed by atoms with Crippen LogP contribution >= 0.6 is 0 Å². The van der Waals surface area contributed by atoms with Crippen molar-refractivity contribution in [2.75, 3.05) is 31.7 Å². The molecular weight excluding hydrogens is 404 g/mol. The van der Waals surface area contributed by atoms with E-state index in [9.17, 15) is 4.79 Å². The van der Waals surface area contributed by atoms with Gasteiger partial charge in [0, 0.05) is 44.0 Å². The topological polar surface area (TPSA) is 79.3 Å². The molecule has 3 aromatic heterocycles. The van der Waals surface area contributed by atoms with Gasteiger partial charge in [-0.05, 0) is 24.6 Å². The minimum absolute atomic E-state index is 0.0387. The monoisotopic (exact) mass is 430 g/mol. The summed E-state index contributed by atoms with van der Waals surface area (Å²) in [6.45, 7) is 4.66. The third-order valence-corrected chi connectivity index (χ3v) is 5.88. The number of amides is 1. The molecule has 32 heavy (non-hydrogen) atoms. The molecule has 1 saturated heterocycles. The molecule has 164 valence electrons. The fourth-order valence-electron chi connectivity index (χ4n) is 4.19. The van der Waals surface area contributed by atoms with E-state index in [4.69, 9.17) is 9.72 Å². The highest BCUT2D eigenvalue weighted by atomic mass is 16.5. The highest BCUT2D eigenvalue weighted by molar-refractivity contribution is 6.06. The summed E-state index contributed by atoms with van der Waals surface area (Å²) in [7, 11) is 1.84. The van der Waals surface area contributed by atoms with Crippen LogP contribution in [-0.4, -0.2) is 63.4 Å². The summed E-state index contributed by atoms with van der Waals surface area (Å²) in [6.07, 6.45) is 3.68. The summed E-state index contributed by atoms with van der Waals surface area (Å²) in [4.78, 5) is 22.5. The molecule has 4 heterocycles. The first kappa shape index (κ1) is 20.3. The van der Waals surface area contributed by atoms with Gasteiger partial charge in [0.2, 0.25) is 0 Å². The van der Waals surface area contributed by atoms with E-state index in [0.717, 1.165) is 29.1 Å². The van der Waals surface area contributed by atoms with Crippen LogP contribution in [0.25, 0.3) is 16.9 Å². The van der Waals surface area contributed by atoms with Gasteiger partial charge in [-0.1, -0.05) is 30.3 Å². The second kappa shape index (κ2) is 8.47. The zero-order valence-corrected chi connectivity index (χ0v) is 18.2. The number of aromatic amines is 1. The van der Waals surface area contributed by atoms with Gasteiger partial charge < -0.3 is 14.5 Å². The second-order valence-electron chi connectivity index (χ2n) is 8.15. The van der Waals surface area contributed by atoms with Gasteiger partial charge in [0.15, 0.2) is 5.82 Å². The maximum absolute atomic E-state index is 13.6. The molecule has 5 rings (SSSR count). The summed E-state index contributed by atoms with van der Waals surface area (Å²) in [5, 5.41) is 7.96. The maximum atomic E-state index is 13.6. The van der Waals surface area contributed by atoms with Crippen molar-refractivity contribution in [3.8, 4) is 5.82 Å². The van der Waals surface area contributed by atoms with E-state index in [2.05, 4.69) is 22.0 Å². The number of aromatic nitrogens is 4. The molecule has 8 nitrogen and oxygen atoms in total. The average molecular weight is 431 g/mol. The van der Waals surface area contributed by atoms with Crippen LogP contribution in [0.2, 0.25) is 0 Å². The summed E-state index contributed by atoms with van der Waals surface area (Å²) in [5.74, 6) is 1.47. The lowest BCUT2D eigenvalue weighted by Crippen LogP contribution is -2.44. The van der Waals surface area contributed by atoms with Crippen LogP contribution in [0.3, 0.4) is 0 Å². The first-order chi connectivity index (χ1) is 15.6. The fourth-order valence-corrected chi connectivity index (χ4v) is 4.19. The molecule has 1 atom stereocenters. The van der Waals surface area contributed by atoms with E-state index in [1.54, 1.807) is 11.1 Å². The van der Waals surface area contributed by atoms with Crippen molar-refractivity contribution in [2.45, 2.75) is 19.5 Å². The summed E-state index contributed by atoms with van der Waals surface area (Å²) >= 11 is 0. The molecule has 0 radical (unpaired) electrons. The SMILES string of the molecule is C[C@@H]1COCCN1c1cc(C(=O)N(C)Cc2ccccc2)c2ccn(-c3cc[nH]n3)c2n1. The number of nitrogens with one attached hydrogen (secondary N) is 1. The molecule has 0 unspecified atom stereocenters. The van der Waals surface area contributed by atoms with Crippen molar-refractivity contribution in [1.29, 1.82) is 0 Å². The van der Waals surface area contributed by atoms with Gasteiger partial charge in [-0.3, -0.25) is 14.5 Å². The Morgan fingerprint density at radius 1 is 1.22 bits per heavy atom. The normalized spacial score (nSPS) is 16.4. The Bertz CT molecular complexity index is 1220. The van der Waals surface area contributed by atoms with Crippen LogP contribution in [0.4, 0.5) is 5.82 Å². The van der Waals surface area contributed by atoms with Crippen LogP contribution in [0.1, 0.15) is 22.8 Å². The molecule has 0 aliphatic carbocycles. The summed E-state index contributed by atoms with van der Waals surface area (Å²) < 4.78 is 7.52. The lowest BCUT2D eigenvalue weighted by Gasteiger charge is -2.34. The van der Waals surface area contributed by atoms with E-state index in [-0.39, 0.29) is 11.9 Å². The van der Waals surface area contributed by atoms with Crippen molar-refractivity contribution < 1.29 is 9.53 Å². The van der Waals surface area contributed by atoms with Gasteiger partial charge in [-0.15, -0.1) is 0 Å². The van der Waals surface area contributed by atoms with Crippen LogP contribution in [0.5, 0.6) is 0 Å². The van der Waals surface area contributed by atoms with Gasteiger partial charge >= 0.3 is 0 Å². The number of fused-ring (bicyclic) bond motifs is 1. The van der Waals surface area contributed by atoms with Crippen molar-refractivity contribution in [2.24, 2.45) is 0 Å². The molecule has 1 N–H and O–H groups in total. The Morgan fingerprint density at radius 2 is 2.06 bits per heavy atom. The number of ether oxygens (including phenoxy) is 1. The minimum Gasteiger partial charge on any atom is -0.377 e. The van der Waals surface area contributed by atoms with Crippen molar-refractivity contribution in [1.82, 2.24) is 24.6 Å². The molecular formula is C24H26N6O2. The number of carbonyl (C=O) groups is 1. The van der Waals surface area contributed by atoms with E-state index in [1.807, 2.05) is 66.3 Å². The number of hydrogen-bond acceptors (Lipinski definition) is 5. The number of H-pyrrole nitrogens is 1. The average Bonchev–Trinajstić information content (AvgIpc) is 3.48. The van der Waals surface area contributed by atoms with E-state index in [0.29, 0.717) is 31.0 Å². The van der Waals surface area contributed by atoms with E-state index < -0.39 is 0 Å². The Kier molecular flexibility index (Phi) is 5.36. The van der Waals surface area contributed by atoms with Gasteiger partial charge in [0.05, 0.1) is 24.8 Å². The Hall–Kier alpha value is -3.65. The van der Waals surface area contributed by atoms with Crippen LogP contribution in [-0.2, 0) is 11.3 Å². The lowest BCUT2D eigenvalue weighted by molar-refractivity contribution is 0.0787. The predicted octanol–water partition coefficient (Wildman–Crippen LogP) is 3.25. The summed E-state index contributed by atoms with van der Waals surface area (Å²) in [5.41, 5.74) is 2.44. The molecule has 1 fully saturated rings. The smallest absolute Gasteiger partial charge is 0.254 e. The Labute approximate surface area is 186 Å². The van der Waals surface area contributed by atoms with Crippen molar-refractivity contribution in [3.05, 3.63) is 72.1 Å². The summed E-state index contributed by atoms with van der Waals surface area (Å²) in [6, 6.07) is 15.9. The first-order valence-corrected chi connectivity index (χ1v) is 10.8. The second-order valence-corrected chi connectivity index (χ2v) is 8.15. The maximum Gasteiger partial charge on any atom is 0.254 e.